The summed E-state index contributed by atoms with van der Waals surface area (Å²) in [6, 6.07) is 17.1. The van der Waals surface area contributed by atoms with Gasteiger partial charge in [-0.15, -0.1) is 0 Å². The molecule has 0 atom stereocenters. The summed E-state index contributed by atoms with van der Waals surface area (Å²) in [7, 11) is 2.14. The summed E-state index contributed by atoms with van der Waals surface area (Å²) >= 11 is 0. The molecule has 0 fully saturated rings. The zero-order valence-corrected chi connectivity index (χ0v) is 8.62. The molecule has 68 valence electrons. The van der Waals surface area contributed by atoms with Gasteiger partial charge in [-0.3, -0.25) is 0 Å². The van der Waals surface area contributed by atoms with Crippen LogP contribution in [0.1, 0.15) is 5.56 Å². The lowest BCUT2D eigenvalue weighted by Gasteiger charge is -2.05. The molecule has 0 saturated carbocycles. The van der Waals surface area contributed by atoms with Crippen LogP contribution < -0.4 is 5.46 Å². The van der Waals surface area contributed by atoms with Gasteiger partial charge in [-0.1, -0.05) is 59.6 Å². The molecule has 0 bridgehead atoms. The molecule has 0 radical (unpaired) electrons. The standard InChI is InChI=1S/C13H13B/c1-10-9-12(7-8-13(10)14)11-5-3-2-4-6-11/h2-9H,14H2,1H3. The average molecular weight is 180 g/mol. The zero-order chi connectivity index (χ0) is 9.97. The lowest BCUT2D eigenvalue weighted by molar-refractivity contribution is 1.50. The van der Waals surface area contributed by atoms with Crippen molar-refractivity contribution < 1.29 is 0 Å². The molecule has 1 heteroatoms. The predicted molar refractivity (Wildman–Crippen MR) is 64.8 cm³/mol. The molecule has 0 amide bonds. The molecule has 2 rings (SSSR count). The number of benzene rings is 2. The van der Waals surface area contributed by atoms with Crippen LogP contribution in [-0.2, 0) is 0 Å². The van der Waals surface area contributed by atoms with Crippen LogP contribution in [0.4, 0.5) is 0 Å². The number of aryl methyl sites for hydroxylation is 1. The third-order valence-electron chi connectivity index (χ3n) is 2.61. The first-order chi connectivity index (χ1) is 6.77. The van der Waals surface area contributed by atoms with Crippen LogP contribution in [0.25, 0.3) is 11.1 Å². The second kappa shape index (κ2) is 3.71. The molecule has 0 N–H and O–H groups in total. The van der Waals surface area contributed by atoms with Gasteiger partial charge in [-0.25, -0.2) is 0 Å². The van der Waals surface area contributed by atoms with Gasteiger partial charge in [0, 0.05) is 0 Å². The molecule has 2 aromatic rings. The molecule has 0 aliphatic heterocycles. The van der Waals surface area contributed by atoms with E-state index in [4.69, 9.17) is 0 Å². The van der Waals surface area contributed by atoms with E-state index in [9.17, 15) is 0 Å². The third kappa shape index (κ3) is 1.72. The highest BCUT2D eigenvalue weighted by molar-refractivity contribution is 6.33. The smallest absolute Gasteiger partial charge is 0.0861 e. The van der Waals surface area contributed by atoms with E-state index in [1.807, 2.05) is 6.07 Å². The minimum atomic E-state index is 1.29. The van der Waals surface area contributed by atoms with Crippen molar-refractivity contribution in [2.75, 3.05) is 0 Å². The van der Waals surface area contributed by atoms with Crippen molar-refractivity contribution in [3.63, 3.8) is 0 Å². The van der Waals surface area contributed by atoms with Crippen molar-refractivity contribution in [3.05, 3.63) is 54.1 Å². The Kier molecular flexibility index (Phi) is 2.40. The summed E-state index contributed by atoms with van der Waals surface area (Å²) < 4.78 is 0. The molecule has 0 spiro atoms. The van der Waals surface area contributed by atoms with E-state index in [1.165, 1.54) is 22.2 Å². The highest BCUT2D eigenvalue weighted by atomic mass is 14.0. The Morgan fingerprint density at radius 1 is 0.857 bits per heavy atom. The summed E-state index contributed by atoms with van der Waals surface area (Å²) in [6.07, 6.45) is 0. The topological polar surface area (TPSA) is 0 Å². The van der Waals surface area contributed by atoms with E-state index >= 15 is 0 Å². The fourth-order valence-corrected chi connectivity index (χ4v) is 1.55. The van der Waals surface area contributed by atoms with Crippen molar-refractivity contribution in [2.24, 2.45) is 0 Å². The minimum Gasteiger partial charge on any atom is -0.0861 e. The normalized spacial score (nSPS) is 10.1. The van der Waals surface area contributed by atoms with Crippen LogP contribution in [0.5, 0.6) is 0 Å². The van der Waals surface area contributed by atoms with Crippen molar-refractivity contribution in [1.29, 1.82) is 0 Å². The van der Waals surface area contributed by atoms with E-state index < -0.39 is 0 Å². The molecule has 0 aliphatic rings. The van der Waals surface area contributed by atoms with Gasteiger partial charge in [0.25, 0.3) is 0 Å². The van der Waals surface area contributed by atoms with Crippen molar-refractivity contribution >= 4 is 13.3 Å². The van der Waals surface area contributed by atoms with E-state index in [-0.39, 0.29) is 0 Å². The first kappa shape index (κ1) is 9.08. The summed E-state index contributed by atoms with van der Waals surface area (Å²) in [6.45, 7) is 2.15. The zero-order valence-electron chi connectivity index (χ0n) is 8.62. The first-order valence-corrected chi connectivity index (χ1v) is 4.90. The van der Waals surface area contributed by atoms with Gasteiger partial charge >= 0.3 is 0 Å². The first-order valence-electron chi connectivity index (χ1n) is 4.90. The van der Waals surface area contributed by atoms with Crippen molar-refractivity contribution in [1.82, 2.24) is 0 Å². The van der Waals surface area contributed by atoms with Gasteiger partial charge in [-0.2, -0.15) is 0 Å². The number of rotatable bonds is 1. The molecule has 0 saturated heterocycles. The molecular weight excluding hydrogens is 167 g/mol. The quantitative estimate of drug-likeness (QED) is 0.588. The van der Waals surface area contributed by atoms with E-state index in [2.05, 4.69) is 57.2 Å². The third-order valence-corrected chi connectivity index (χ3v) is 2.61. The molecule has 14 heavy (non-hydrogen) atoms. The SMILES string of the molecule is Bc1ccc(-c2ccccc2)cc1C. The average Bonchev–Trinajstić information content (AvgIpc) is 2.23. The fourth-order valence-electron chi connectivity index (χ4n) is 1.55. The molecule has 0 aromatic heterocycles. The summed E-state index contributed by atoms with van der Waals surface area (Å²) in [5.74, 6) is 0. The molecular formula is C13H13B. The molecule has 0 aliphatic carbocycles. The second-order valence-electron chi connectivity index (χ2n) is 3.67. The van der Waals surface area contributed by atoms with Crippen LogP contribution in [0, 0.1) is 6.92 Å². The van der Waals surface area contributed by atoms with Gasteiger partial charge < -0.3 is 0 Å². The highest BCUT2D eigenvalue weighted by Gasteiger charge is 1.97. The second-order valence-corrected chi connectivity index (χ2v) is 3.67. The maximum Gasteiger partial charge on any atom is 0.139 e. The van der Waals surface area contributed by atoms with Crippen LogP contribution in [0.15, 0.2) is 48.5 Å². The Hall–Kier alpha value is -1.50. The monoisotopic (exact) mass is 180 g/mol. The fraction of sp³-hybridized carbons (Fsp3) is 0.0769. The maximum atomic E-state index is 2.24. The van der Waals surface area contributed by atoms with Crippen molar-refractivity contribution in [3.8, 4) is 11.1 Å². The van der Waals surface area contributed by atoms with Crippen LogP contribution in [0.2, 0.25) is 0 Å². The molecule has 0 unspecified atom stereocenters. The largest absolute Gasteiger partial charge is 0.139 e. The summed E-state index contributed by atoms with van der Waals surface area (Å²) in [5.41, 5.74) is 5.29. The number of hydrogen-bond acceptors (Lipinski definition) is 0. The lowest BCUT2D eigenvalue weighted by Crippen LogP contribution is -2.05. The molecule has 2 aromatic carbocycles. The summed E-state index contributed by atoms with van der Waals surface area (Å²) in [5, 5.41) is 0. The van der Waals surface area contributed by atoms with E-state index in [0.29, 0.717) is 0 Å². The summed E-state index contributed by atoms with van der Waals surface area (Å²) in [4.78, 5) is 0. The lowest BCUT2D eigenvalue weighted by atomic mass is 9.89. The van der Waals surface area contributed by atoms with Gasteiger partial charge in [0.1, 0.15) is 7.85 Å². The minimum absolute atomic E-state index is 1.29. The Balaban J connectivity index is 2.48. The van der Waals surface area contributed by atoms with Crippen LogP contribution in [-0.4, -0.2) is 7.85 Å². The molecule has 0 nitrogen and oxygen atoms in total. The van der Waals surface area contributed by atoms with Gasteiger partial charge in [0.2, 0.25) is 0 Å². The Morgan fingerprint density at radius 3 is 2.21 bits per heavy atom. The van der Waals surface area contributed by atoms with E-state index in [0.717, 1.165) is 0 Å². The Labute approximate surface area is 86.0 Å². The molecule has 0 heterocycles. The van der Waals surface area contributed by atoms with Crippen molar-refractivity contribution in [2.45, 2.75) is 6.92 Å². The Morgan fingerprint density at radius 2 is 1.57 bits per heavy atom. The van der Waals surface area contributed by atoms with Gasteiger partial charge in [0.15, 0.2) is 0 Å². The van der Waals surface area contributed by atoms with Gasteiger partial charge in [0.05, 0.1) is 0 Å². The van der Waals surface area contributed by atoms with Crippen LogP contribution >= 0.6 is 0 Å². The Bertz CT molecular complexity index is 432. The van der Waals surface area contributed by atoms with Crippen LogP contribution in [0.3, 0.4) is 0 Å². The highest BCUT2D eigenvalue weighted by Crippen LogP contribution is 2.18. The predicted octanol–water partition coefficient (Wildman–Crippen LogP) is 1.92. The maximum absolute atomic E-state index is 2.24. The van der Waals surface area contributed by atoms with E-state index in [1.54, 1.807) is 0 Å². The van der Waals surface area contributed by atoms with Gasteiger partial charge in [-0.05, 0) is 18.1 Å². The number of hydrogen-bond donors (Lipinski definition) is 0.